The Labute approximate surface area is 188 Å². The Morgan fingerprint density at radius 1 is 0.774 bits per heavy atom. The average Bonchev–Trinajstić information content (AvgIpc) is 3.14. The fraction of sp³-hybridized carbons (Fsp3) is 0.963. The van der Waals surface area contributed by atoms with Crippen LogP contribution in [0.3, 0.4) is 0 Å². The first-order valence-corrected chi connectivity index (χ1v) is 13.0. The van der Waals surface area contributed by atoms with Crippen LogP contribution in [0.25, 0.3) is 0 Å². The monoisotopic (exact) mass is 429 g/mol. The Morgan fingerprint density at radius 2 is 1.52 bits per heavy atom. The van der Waals surface area contributed by atoms with Gasteiger partial charge in [0.2, 0.25) is 0 Å². The summed E-state index contributed by atoms with van der Waals surface area (Å²) in [7, 11) is 0. The van der Waals surface area contributed by atoms with Gasteiger partial charge < -0.3 is 5.11 Å². The molecule has 5 aliphatic carbocycles. The number of rotatable bonds is 2. The molecule has 0 bridgehead atoms. The van der Waals surface area contributed by atoms with Crippen LogP contribution in [0, 0.1) is 55.7 Å². The number of hydrogen-bond acceptors (Lipinski definition) is 3. The second kappa shape index (κ2) is 6.56. The smallest absolute Gasteiger partial charge is 0.309 e. The lowest BCUT2D eigenvalue weighted by molar-refractivity contribution is -0.237. The Bertz CT molecular complexity index is 793. The SMILES string of the molecule is CC1(C)C(N=O)CCC2(C)C1CCC1(C)C2CCC2C3CCCC3(C(=O)O)CC[C@]21C. The topological polar surface area (TPSA) is 66.7 Å². The molecule has 0 aliphatic heterocycles. The molecule has 0 radical (unpaired) electrons. The number of hydrogen-bond donors (Lipinski definition) is 1. The van der Waals surface area contributed by atoms with Gasteiger partial charge in [-0.05, 0) is 110 Å². The highest BCUT2D eigenvalue weighted by molar-refractivity contribution is 5.76. The Balaban J connectivity index is 1.53. The Hall–Kier alpha value is -0.930. The minimum absolute atomic E-state index is 0.0235. The zero-order chi connectivity index (χ0) is 22.4. The summed E-state index contributed by atoms with van der Waals surface area (Å²) in [6.45, 7) is 12.3. The molecule has 4 nitrogen and oxygen atoms in total. The van der Waals surface area contributed by atoms with Crippen molar-refractivity contribution >= 4 is 5.97 Å². The van der Waals surface area contributed by atoms with E-state index >= 15 is 0 Å². The van der Waals surface area contributed by atoms with Gasteiger partial charge in [0.25, 0.3) is 0 Å². The molecule has 0 amide bonds. The summed E-state index contributed by atoms with van der Waals surface area (Å²) in [6.07, 6.45) is 12.0. The quantitative estimate of drug-likeness (QED) is 0.478. The largest absolute Gasteiger partial charge is 0.481 e. The van der Waals surface area contributed by atoms with Gasteiger partial charge in [0.1, 0.15) is 0 Å². The maximum absolute atomic E-state index is 12.4. The van der Waals surface area contributed by atoms with Crippen molar-refractivity contribution < 1.29 is 9.90 Å². The molecule has 5 fully saturated rings. The molecule has 0 aromatic rings. The van der Waals surface area contributed by atoms with Gasteiger partial charge in [-0.2, -0.15) is 4.91 Å². The van der Waals surface area contributed by atoms with E-state index in [0.29, 0.717) is 23.7 Å². The van der Waals surface area contributed by atoms with Crippen LogP contribution in [0.4, 0.5) is 0 Å². The molecular formula is C27H43NO3. The summed E-state index contributed by atoms with van der Waals surface area (Å²) in [5, 5.41) is 13.8. The molecule has 0 heterocycles. The van der Waals surface area contributed by atoms with Gasteiger partial charge in [0.15, 0.2) is 0 Å². The van der Waals surface area contributed by atoms with E-state index in [9.17, 15) is 14.8 Å². The van der Waals surface area contributed by atoms with Gasteiger partial charge in [-0.15, -0.1) is 0 Å². The molecule has 0 aromatic carbocycles. The second-order valence-electron chi connectivity index (χ2n) is 13.6. The van der Waals surface area contributed by atoms with Gasteiger partial charge in [0, 0.05) is 0 Å². The number of nitrogens with zero attached hydrogens (tertiary/aromatic N) is 1. The van der Waals surface area contributed by atoms with Gasteiger partial charge in [-0.25, -0.2) is 0 Å². The van der Waals surface area contributed by atoms with E-state index in [1.807, 2.05) is 0 Å². The lowest BCUT2D eigenvalue weighted by Crippen LogP contribution is -2.66. The molecule has 1 N–H and O–H groups in total. The zero-order valence-electron chi connectivity index (χ0n) is 20.4. The molecular weight excluding hydrogens is 386 g/mol. The highest BCUT2D eigenvalue weighted by Gasteiger charge is 2.70. The third-order valence-electron chi connectivity index (χ3n) is 12.9. The van der Waals surface area contributed by atoms with Crippen LogP contribution in [-0.4, -0.2) is 17.1 Å². The van der Waals surface area contributed by atoms with Crippen molar-refractivity contribution in [1.29, 1.82) is 0 Å². The molecule has 5 rings (SSSR count). The summed E-state index contributed by atoms with van der Waals surface area (Å²) in [5.41, 5.74) is 0.310. The molecule has 9 atom stereocenters. The normalized spacial score (nSPS) is 55.3. The third kappa shape index (κ3) is 2.46. The lowest BCUT2D eigenvalue weighted by Gasteiger charge is -2.72. The van der Waals surface area contributed by atoms with Crippen molar-refractivity contribution in [3.8, 4) is 0 Å². The minimum atomic E-state index is -0.513. The molecule has 31 heavy (non-hydrogen) atoms. The third-order valence-corrected chi connectivity index (χ3v) is 12.9. The van der Waals surface area contributed by atoms with Crippen LogP contribution >= 0.6 is 0 Å². The maximum atomic E-state index is 12.4. The first-order valence-electron chi connectivity index (χ1n) is 13.0. The number of aliphatic carboxylic acids is 1. The molecule has 5 aliphatic rings. The van der Waals surface area contributed by atoms with Gasteiger partial charge in [-0.3, -0.25) is 4.79 Å². The molecule has 5 saturated carbocycles. The zero-order valence-corrected chi connectivity index (χ0v) is 20.4. The fourth-order valence-corrected chi connectivity index (χ4v) is 11.1. The number of fused-ring (bicyclic) bond motifs is 7. The maximum Gasteiger partial charge on any atom is 0.309 e. The molecule has 4 heteroatoms. The van der Waals surface area contributed by atoms with E-state index < -0.39 is 11.4 Å². The summed E-state index contributed by atoms with van der Waals surface area (Å²) in [4.78, 5) is 24.1. The first-order chi connectivity index (χ1) is 14.5. The van der Waals surface area contributed by atoms with Crippen LogP contribution in [0.5, 0.6) is 0 Å². The fourth-order valence-electron chi connectivity index (χ4n) is 11.1. The minimum Gasteiger partial charge on any atom is -0.481 e. The van der Waals surface area contributed by atoms with E-state index in [1.54, 1.807) is 0 Å². The van der Waals surface area contributed by atoms with Gasteiger partial charge in [0.05, 0.1) is 11.5 Å². The van der Waals surface area contributed by atoms with E-state index in [2.05, 4.69) is 39.8 Å². The molecule has 0 saturated heterocycles. The Kier molecular flexibility index (Phi) is 4.64. The lowest BCUT2D eigenvalue weighted by atomic mass is 9.32. The van der Waals surface area contributed by atoms with E-state index in [4.69, 9.17) is 0 Å². The summed E-state index contributed by atoms with van der Waals surface area (Å²) in [6, 6.07) is -0.0498. The van der Waals surface area contributed by atoms with Crippen LogP contribution in [0.15, 0.2) is 5.18 Å². The first kappa shape index (κ1) is 21.9. The van der Waals surface area contributed by atoms with Crippen molar-refractivity contribution in [3.63, 3.8) is 0 Å². The van der Waals surface area contributed by atoms with Crippen LogP contribution in [0.2, 0.25) is 0 Å². The number of carboxylic acid groups (broad SMARTS) is 1. The predicted molar refractivity (Wildman–Crippen MR) is 123 cm³/mol. The van der Waals surface area contributed by atoms with Crippen LogP contribution in [0.1, 0.15) is 105 Å². The highest BCUT2D eigenvalue weighted by atomic mass is 16.4. The number of carboxylic acids is 1. The second-order valence-corrected chi connectivity index (χ2v) is 13.6. The van der Waals surface area contributed by atoms with E-state index in [1.165, 1.54) is 25.7 Å². The van der Waals surface area contributed by atoms with Crippen molar-refractivity contribution in [2.75, 3.05) is 0 Å². The summed E-state index contributed by atoms with van der Waals surface area (Å²) < 4.78 is 0. The van der Waals surface area contributed by atoms with Crippen molar-refractivity contribution in [2.24, 2.45) is 55.9 Å². The van der Waals surface area contributed by atoms with E-state index in [-0.39, 0.29) is 27.7 Å². The van der Waals surface area contributed by atoms with Gasteiger partial charge in [-0.1, -0.05) is 46.2 Å². The molecule has 8 unspecified atom stereocenters. The van der Waals surface area contributed by atoms with Crippen molar-refractivity contribution in [2.45, 2.75) is 111 Å². The number of nitroso groups, excluding NO2 is 1. The molecule has 0 spiro atoms. The van der Waals surface area contributed by atoms with Crippen molar-refractivity contribution in [1.82, 2.24) is 0 Å². The van der Waals surface area contributed by atoms with Crippen LogP contribution in [-0.2, 0) is 4.79 Å². The predicted octanol–water partition coefficient (Wildman–Crippen LogP) is 7.06. The molecule has 174 valence electrons. The van der Waals surface area contributed by atoms with E-state index in [0.717, 1.165) is 44.9 Å². The van der Waals surface area contributed by atoms with Crippen molar-refractivity contribution in [3.05, 3.63) is 4.91 Å². The van der Waals surface area contributed by atoms with Crippen LogP contribution < -0.4 is 0 Å². The molecule has 0 aromatic heterocycles. The Morgan fingerprint density at radius 3 is 2.19 bits per heavy atom. The van der Waals surface area contributed by atoms with Gasteiger partial charge >= 0.3 is 5.97 Å². The summed E-state index contributed by atoms with van der Waals surface area (Å²) >= 11 is 0. The number of carbonyl (C=O) groups is 1. The highest BCUT2D eigenvalue weighted by Crippen LogP contribution is 2.76. The summed E-state index contributed by atoms with van der Waals surface area (Å²) in [5.74, 6) is 1.65. The standard InChI is InChI=1S/C27H43NO3/c1-23(2)19-10-14-26(5)20(24(19,3)13-11-21(23)28-31)9-8-17-18-7-6-12-27(18,22(29)30)16-15-25(17,26)4/h17-21H,6-16H2,1-5H3,(H,29,30)/t17?,18?,19?,20?,21?,24?,25-,26?,27?/m1/s1. The average molecular weight is 430 g/mol.